The highest BCUT2D eigenvalue weighted by atomic mass is 35.5. The maximum Gasteiger partial charge on any atom is 0.183 e. The van der Waals surface area contributed by atoms with Gasteiger partial charge in [0.15, 0.2) is 5.82 Å². The smallest absolute Gasteiger partial charge is 0.183 e. The Hall–Kier alpha value is -1.85. The van der Waals surface area contributed by atoms with Gasteiger partial charge in [-0.3, -0.25) is 4.40 Å². The van der Waals surface area contributed by atoms with Gasteiger partial charge < -0.3 is 0 Å². The molecule has 4 nitrogen and oxygen atoms in total. The minimum Gasteiger partial charge on any atom is -0.281 e. The first kappa shape index (κ1) is 17.0. The van der Waals surface area contributed by atoms with Crippen LogP contribution in [0, 0.1) is 0 Å². The molecule has 1 aromatic carbocycles. The SMILES string of the molecule is CSc1cccc(N=Nc2c(C(C)(C)C)nc3ccc(Cl)cn23)c1. The first-order valence-corrected chi connectivity index (χ1v) is 9.22. The Bertz CT molecular complexity index is 909. The Kier molecular flexibility index (Phi) is 4.65. The van der Waals surface area contributed by atoms with E-state index in [4.69, 9.17) is 16.6 Å². The van der Waals surface area contributed by atoms with Gasteiger partial charge in [0.2, 0.25) is 0 Å². The lowest BCUT2D eigenvalue weighted by molar-refractivity contribution is 0.574. The van der Waals surface area contributed by atoms with Gasteiger partial charge in [0.25, 0.3) is 0 Å². The van der Waals surface area contributed by atoms with Gasteiger partial charge in [-0.2, -0.15) is 0 Å². The average molecular weight is 359 g/mol. The number of hydrogen-bond donors (Lipinski definition) is 0. The third-order valence-corrected chi connectivity index (χ3v) is 4.53. The first-order chi connectivity index (χ1) is 11.4. The van der Waals surface area contributed by atoms with Crippen LogP contribution < -0.4 is 0 Å². The number of nitrogens with zero attached hydrogens (tertiary/aromatic N) is 4. The summed E-state index contributed by atoms with van der Waals surface area (Å²) in [5.74, 6) is 0.717. The molecule has 0 radical (unpaired) electrons. The molecule has 0 fully saturated rings. The van der Waals surface area contributed by atoms with Gasteiger partial charge >= 0.3 is 0 Å². The lowest BCUT2D eigenvalue weighted by Gasteiger charge is -2.15. The summed E-state index contributed by atoms with van der Waals surface area (Å²) in [5.41, 5.74) is 2.39. The molecule has 0 saturated heterocycles. The summed E-state index contributed by atoms with van der Waals surface area (Å²) in [7, 11) is 0. The van der Waals surface area contributed by atoms with E-state index in [-0.39, 0.29) is 5.41 Å². The standard InChI is InChI=1S/C18H19ClN4S/c1-18(2,3)16-17(23-11-12(19)8-9-15(23)20-16)22-21-13-6-5-7-14(10-13)24-4/h5-11H,1-4H3. The third kappa shape index (κ3) is 3.47. The number of halogens is 1. The Labute approximate surface area is 151 Å². The normalized spacial score (nSPS) is 12.4. The third-order valence-electron chi connectivity index (χ3n) is 3.58. The van der Waals surface area contributed by atoms with Crippen molar-refractivity contribution in [2.24, 2.45) is 10.2 Å². The monoisotopic (exact) mass is 358 g/mol. The highest BCUT2D eigenvalue weighted by Gasteiger charge is 2.24. The Balaban J connectivity index is 2.12. The van der Waals surface area contributed by atoms with Crippen LogP contribution in [0.15, 0.2) is 57.7 Å². The number of pyridine rings is 1. The van der Waals surface area contributed by atoms with Crippen LogP contribution in [0.2, 0.25) is 5.02 Å². The Morgan fingerprint density at radius 2 is 1.92 bits per heavy atom. The van der Waals surface area contributed by atoms with E-state index in [1.807, 2.05) is 47.2 Å². The van der Waals surface area contributed by atoms with Crippen molar-refractivity contribution in [3.05, 3.63) is 53.3 Å². The minimum atomic E-state index is -0.145. The zero-order valence-corrected chi connectivity index (χ0v) is 15.7. The summed E-state index contributed by atoms with van der Waals surface area (Å²) >= 11 is 7.83. The van der Waals surface area contributed by atoms with Gasteiger partial charge in [0.05, 0.1) is 16.4 Å². The molecule has 0 atom stereocenters. The maximum atomic E-state index is 6.15. The minimum absolute atomic E-state index is 0.145. The average Bonchev–Trinajstić information content (AvgIpc) is 2.91. The summed E-state index contributed by atoms with van der Waals surface area (Å²) in [6, 6.07) is 11.7. The van der Waals surface area contributed by atoms with Crippen molar-refractivity contribution >= 4 is 40.5 Å². The van der Waals surface area contributed by atoms with Crippen LogP contribution >= 0.6 is 23.4 Å². The van der Waals surface area contributed by atoms with Crippen molar-refractivity contribution in [1.29, 1.82) is 0 Å². The molecule has 0 spiro atoms. The van der Waals surface area contributed by atoms with E-state index < -0.39 is 0 Å². The summed E-state index contributed by atoms with van der Waals surface area (Å²) < 4.78 is 1.89. The molecule has 0 aliphatic heterocycles. The number of azo groups is 1. The quantitative estimate of drug-likeness (QED) is 0.400. The van der Waals surface area contributed by atoms with E-state index in [1.165, 1.54) is 0 Å². The van der Waals surface area contributed by atoms with Crippen LogP contribution in [0.3, 0.4) is 0 Å². The molecule has 6 heteroatoms. The second-order valence-corrected chi connectivity index (χ2v) is 7.83. The molecule has 0 aliphatic carbocycles. The first-order valence-electron chi connectivity index (χ1n) is 7.62. The molecule has 2 heterocycles. The fraction of sp³-hybridized carbons (Fsp3) is 0.278. The lowest BCUT2D eigenvalue weighted by atomic mass is 9.92. The molecular weight excluding hydrogens is 340 g/mol. The summed E-state index contributed by atoms with van der Waals surface area (Å²) in [5, 5.41) is 9.56. The second-order valence-electron chi connectivity index (χ2n) is 6.51. The van der Waals surface area contributed by atoms with Crippen molar-refractivity contribution < 1.29 is 0 Å². The van der Waals surface area contributed by atoms with Crippen LogP contribution in [-0.4, -0.2) is 15.6 Å². The van der Waals surface area contributed by atoms with Crippen molar-refractivity contribution in [1.82, 2.24) is 9.38 Å². The number of aromatic nitrogens is 2. The van der Waals surface area contributed by atoms with Crippen molar-refractivity contribution in [3.8, 4) is 0 Å². The molecule has 0 aliphatic rings. The van der Waals surface area contributed by atoms with Crippen LogP contribution in [0.5, 0.6) is 0 Å². The molecule has 0 bridgehead atoms. The number of fused-ring (bicyclic) bond motifs is 1. The molecule has 0 unspecified atom stereocenters. The molecule has 124 valence electrons. The molecule has 0 N–H and O–H groups in total. The number of imidazole rings is 1. The Morgan fingerprint density at radius 1 is 1.12 bits per heavy atom. The molecule has 3 rings (SSSR count). The fourth-order valence-electron chi connectivity index (χ4n) is 2.38. The fourth-order valence-corrected chi connectivity index (χ4v) is 3.00. The van der Waals surface area contributed by atoms with E-state index in [1.54, 1.807) is 11.8 Å². The van der Waals surface area contributed by atoms with Crippen LogP contribution in [0.25, 0.3) is 5.65 Å². The van der Waals surface area contributed by atoms with Gasteiger partial charge in [-0.25, -0.2) is 4.98 Å². The number of thioether (sulfide) groups is 1. The number of benzene rings is 1. The lowest BCUT2D eigenvalue weighted by Crippen LogP contribution is -2.11. The van der Waals surface area contributed by atoms with Crippen LogP contribution in [0.1, 0.15) is 26.5 Å². The zero-order valence-electron chi connectivity index (χ0n) is 14.1. The van der Waals surface area contributed by atoms with E-state index in [0.717, 1.165) is 27.7 Å². The molecule has 24 heavy (non-hydrogen) atoms. The van der Waals surface area contributed by atoms with Crippen molar-refractivity contribution in [3.63, 3.8) is 0 Å². The van der Waals surface area contributed by atoms with Crippen LogP contribution in [0.4, 0.5) is 11.5 Å². The second kappa shape index (κ2) is 6.57. The van der Waals surface area contributed by atoms with E-state index >= 15 is 0 Å². The molecule has 3 aromatic rings. The van der Waals surface area contributed by atoms with Gasteiger partial charge in [-0.1, -0.05) is 38.4 Å². The molecule has 0 amide bonds. The Morgan fingerprint density at radius 3 is 2.62 bits per heavy atom. The van der Waals surface area contributed by atoms with Crippen molar-refractivity contribution in [2.45, 2.75) is 31.1 Å². The predicted octanol–water partition coefficient (Wildman–Crippen LogP) is 6.42. The topological polar surface area (TPSA) is 42.0 Å². The molecule has 0 saturated carbocycles. The van der Waals surface area contributed by atoms with E-state index in [9.17, 15) is 0 Å². The van der Waals surface area contributed by atoms with Crippen molar-refractivity contribution in [2.75, 3.05) is 6.26 Å². The summed E-state index contributed by atoms with van der Waals surface area (Å²) in [6.07, 6.45) is 3.87. The predicted molar refractivity (Wildman–Crippen MR) is 101 cm³/mol. The number of rotatable bonds is 3. The summed E-state index contributed by atoms with van der Waals surface area (Å²) in [6.45, 7) is 6.34. The van der Waals surface area contributed by atoms with Gasteiger partial charge in [-0.15, -0.1) is 22.0 Å². The highest BCUT2D eigenvalue weighted by Crippen LogP contribution is 2.34. The largest absolute Gasteiger partial charge is 0.281 e. The van der Waals surface area contributed by atoms with Crippen LogP contribution in [-0.2, 0) is 5.41 Å². The summed E-state index contributed by atoms with van der Waals surface area (Å²) in [4.78, 5) is 5.87. The highest BCUT2D eigenvalue weighted by molar-refractivity contribution is 7.98. The maximum absolute atomic E-state index is 6.15. The molecule has 2 aromatic heterocycles. The van der Waals surface area contributed by atoms with Gasteiger partial charge in [-0.05, 0) is 36.6 Å². The zero-order chi connectivity index (χ0) is 17.3. The van der Waals surface area contributed by atoms with E-state index in [0.29, 0.717) is 5.02 Å². The van der Waals surface area contributed by atoms with Gasteiger partial charge in [0, 0.05) is 16.5 Å². The van der Waals surface area contributed by atoms with E-state index in [2.05, 4.69) is 37.1 Å². The van der Waals surface area contributed by atoms with Gasteiger partial charge in [0.1, 0.15) is 5.65 Å². The molecular formula is C18H19ClN4S. The number of hydrogen-bond acceptors (Lipinski definition) is 4.